The fourth-order valence-corrected chi connectivity index (χ4v) is 3.43. The summed E-state index contributed by atoms with van der Waals surface area (Å²) >= 11 is 0. The standard InChI is InChI=1S/C20H18FN7O2/c1-11(30-3)19-14(9-23-18-7-15(8-22)26-28(18)19)6-16(29)4-13-5-17(21)20-24-12(2)25-27(20)10-13/h5,7,9-11H,4,6H2,1-3H3/t11-/m0/s1. The van der Waals surface area contributed by atoms with Crippen molar-refractivity contribution in [3.63, 3.8) is 0 Å². The highest BCUT2D eigenvalue weighted by atomic mass is 19.1. The van der Waals surface area contributed by atoms with Crippen molar-refractivity contribution in [2.75, 3.05) is 7.11 Å². The van der Waals surface area contributed by atoms with Crippen LogP contribution in [0.5, 0.6) is 0 Å². The lowest BCUT2D eigenvalue weighted by atomic mass is 10.0. The van der Waals surface area contributed by atoms with Crippen LogP contribution in [0.3, 0.4) is 0 Å². The molecule has 0 N–H and O–H groups in total. The minimum atomic E-state index is -0.529. The number of rotatable bonds is 6. The topological polar surface area (TPSA) is 110 Å². The molecule has 0 fully saturated rings. The van der Waals surface area contributed by atoms with Crippen LogP contribution in [0.25, 0.3) is 11.3 Å². The first kappa shape index (κ1) is 19.6. The molecule has 9 nitrogen and oxygen atoms in total. The molecular weight excluding hydrogens is 389 g/mol. The van der Waals surface area contributed by atoms with E-state index >= 15 is 0 Å². The van der Waals surface area contributed by atoms with Crippen molar-refractivity contribution >= 4 is 17.1 Å². The quantitative estimate of drug-likeness (QED) is 0.481. The van der Waals surface area contributed by atoms with Gasteiger partial charge in [0.25, 0.3) is 0 Å². The average Bonchev–Trinajstić information content (AvgIpc) is 3.29. The van der Waals surface area contributed by atoms with Gasteiger partial charge in [0.15, 0.2) is 22.8 Å². The minimum Gasteiger partial charge on any atom is -0.375 e. The highest BCUT2D eigenvalue weighted by Gasteiger charge is 2.20. The largest absolute Gasteiger partial charge is 0.375 e. The third kappa shape index (κ3) is 3.51. The highest BCUT2D eigenvalue weighted by molar-refractivity contribution is 5.83. The van der Waals surface area contributed by atoms with Crippen molar-refractivity contribution in [1.29, 1.82) is 5.26 Å². The number of methoxy groups -OCH3 is 1. The molecule has 0 aromatic carbocycles. The Morgan fingerprint density at radius 1 is 1.33 bits per heavy atom. The minimum absolute atomic E-state index is 0.0210. The number of aromatic nitrogens is 6. The molecule has 0 saturated carbocycles. The Balaban J connectivity index is 1.65. The van der Waals surface area contributed by atoms with Crippen LogP contribution in [0.4, 0.5) is 4.39 Å². The van der Waals surface area contributed by atoms with Crippen LogP contribution in [0.15, 0.2) is 24.5 Å². The molecule has 30 heavy (non-hydrogen) atoms. The summed E-state index contributed by atoms with van der Waals surface area (Å²) in [6.07, 6.45) is 2.89. The SMILES string of the molecule is CO[C@@H](C)c1c(CC(=O)Cc2cc(F)c3nc(C)nn3c2)cnc2cc(C#N)nn12. The zero-order valence-electron chi connectivity index (χ0n) is 16.6. The summed E-state index contributed by atoms with van der Waals surface area (Å²) in [5.41, 5.74) is 2.62. The summed E-state index contributed by atoms with van der Waals surface area (Å²) in [4.78, 5) is 21.1. The third-order valence-electron chi connectivity index (χ3n) is 4.79. The predicted molar refractivity (Wildman–Crippen MR) is 103 cm³/mol. The van der Waals surface area contributed by atoms with Gasteiger partial charge < -0.3 is 4.74 Å². The molecule has 0 bridgehead atoms. The Hall–Kier alpha value is -3.71. The number of carbonyl (C=O) groups is 1. The lowest BCUT2D eigenvalue weighted by Crippen LogP contribution is -2.15. The van der Waals surface area contributed by atoms with Gasteiger partial charge in [-0.3, -0.25) is 4.79 Å². The number of hydrogen-bond donors (Lipinski definition) is 0. The summed E-state index contributed by atoms with van der Waals surface area (Å²) in [7, 11) is 1.55. The van der Waals surface area contributed by atoms with Crippen LogP contribution in [0.1, 0.15) is 41.4 Å². The molecular formula is C20H18FN7O2. The molecule has 1 atom stereocenters. The van der Waals surface area contributed by atoms with Crippen LogP contribution in [0, 0.1) is 24.1 Å². The van der Waals surface area contributed by atoms with E-state index in [1.807, 2.05) is 13.0 Å². The zero-order valence-corrected chi connectivity index (χ0v) is 16.6. The Kier molecular flexibility index (Phi) is 4.97. The van der Waals surface area contributed by atoms with E-state index in [-0.39, 0.29) is 36.1 Å². The lowest BCUT2D eigenvalue weighted by Gasteiger charge is -2.16. The van der Waals surface area contributed by atoms with Crippen LogP contribution in [0.2, 0.25) is 0 Å². The van der Waals surface area contributed by atoms with E-state index < -0.39 is 5.82 Å². The Morgan fingerprint density at radius 2 is 2.13 bits per heavy atom. The number of fused-ring (bicyclic) bond motifs is 2. The maximum absolute atomic E-state index is 14.3. The van der Waals surface area contributed by atoms with Gasteiger partial charge in [0.2, 0.25) is 0 Å². The van der Waals surface area contributed by atoms with Crippen molar-refractivity contribution in [3.05, 3.63) is 58.7 Å². The maximum atomic E-state index is 14.3. The lowest BCUT2D eigenvalue weighted by molar-refractivity contribution is -0.117. The van der Waals surface area contributed by atoms with Gasteiger partial charge in [0.1, 0.15) is 17.7 Å². The Morgan fingerprint density at radius 3 is 2.87 bits per heavy atom. The number of pyridine rings is 1. The van der Waals surface area contributed by atoms with E-state index in [1.54, 1.807) is 32.5 Å². The first-order chi connectivity index (χ1) is 14.4. The van der Waals surface area contributed by atoms with E-state index in [0.29, 0.717) is 28.3 Å². The van der Waals surface area contributed by atoms with Gasteiger partial charge in [-0.25, -0.2) is 23.4 Å². The van der Waals surface area contributed by atoms with Gasteiger partial charge in [-0.2, -0.15) is 15.5 Å². The van der Waals surface area contributed by atoms with Crippen molar-refractivity contribution in [2.24, 2.45) is 0 Å². The zero-order chi connectivity index (χ0) is 21.4. The molecule has 10 heteroatoms. The molecule has 4 aromatic rings. The first-order valence-corrected chi connectivity index (χ1v) is 9.23. The fraction of sp³-hybridized carbons (Fsp3) is 0.300. The molecule has 0 amide bonds. The second kappa shape index (κ2) is 7.61. The second-order valence-electron chi connectivity index (χ2n) is 6.97. The number of aryl methyl sites for hydroxylation is 1. The number of ketones is 1. The van der Waals surface area contributed by atoms with Crippen LogP contribution in [-0.2, 0) is 22.4 Å². The van der Waals surface area contributed by atoms with Gasteiger partial charge in [-0.1, -0.05) is 0 Å². The molecule has 0 aliphatic heterocycles. The maximum Gasteiger partial charge on any atom is 0.191 e. The van der Waals surface area contributed by atoms with Gasteiger partial charge in [0.05, 0.1) is 11.8 Å². The van der Waals surface area contributed by atoms with E-state index in [0.717, 1.165) is 0 Å². The number of nitrogens with zero attached hydrogens (tertiary/aromatic N) is 7. The second-order valence-corrected chi connectivity index (χ2v) is 6.97. The molecule has 4 heterocycles. The van der Waals surface area contributed by atoms with Crippen molar-refractivity contribution in [1.82, 2.24) is 29.2 Å². The van der Waals surface area contributed by atoms with E-state index in [9.17, 15) is 9.18 Å². The normalized spacial score (nSPS) is 12.4. The summed E-state index contributed by atoms with van der Waals surface area (Å²) in [5.74, 6) is -0.215. The molecule has 0 aliphatic rings. The predicted octanol–water partition coefficient (Wildman–Crippen LogP) is 2.15. The number of carbonyl (C=O) groups excluding carboxylic acids is 1. The number of nitriles is 1. The molecule has 0 spiro atoms. The fourth-order valence-electron chi connectivity index (χ4n) is 3.43. The Bertz CT molecular complexity index is 1320. The van der Waals surface area contributed by atoms with Gasteiger partial charge in [-0.05, 0) is 25.5 Å². The van der Waals surface area contributed by atoms with Crippen LogP contribution >= 0.6 is 0 Å². The highest BCUT2D eigenvalue weighted by Crippen LogP contribution is 2.23. The number of ether oxygens (including phenoxy) is 1. The van der Waals surface area contributed by atoms with E-state index in [4.69, 9.17) is 10.00 Å². The summed E-state index contributed by atoms with van der Waals surface area (Å²) in [6, 6.07) is 4.85. The Labute approximate surface area is 170 Å². The molecule has 0 saturated heterocycles. The third-order valence-corrected chi connectivity index (χ3v) is 4.79. The number of Topliss-reactive ketones (excluding diaryl/α,β-unsaturated/α-hetero) is 1. The van der Waals surface area contributed by atoms with Gasteiger partial charge in [-0.15, -0.1) is 0 Å². The first-order valence-electron chi connectivity index (χ1n) is 9.23. The smallest absolute Gasteiger partial charge is 0.191 e. The molecule has 0 aliphatic carbocycles. The van der Waals surface area contributed by atoms with Gasteiger partial charge >= 0.3 is 0 Å². The number of halogens is 1. The molecule has 152 valence electrons. The number of hydrogen-bond acceptors (Lipinski definition) is 7. The van der Waals surface area contributed by atoms with Crippen molar-refractivity contribution in [2.45, 2.75) is 32.8 Å². The monoisotopic (exact) mass is 407 g/mol. The van der Waals surface area contributed by atoms with Crippen LogP contribution < -0.4 is 0 Å². The van der Waals surface area contributed by atoms with Crippen LogP contribution in [-0.4, -0.2) is 42.1 Å². The van der Waals surface area contributed by atoms with E-state index in [2.05, 4.69) is 20.2 Å². The van der Waals surface area contributed by atoms with Crippen molar-refractivity contribution < 1.29 is 13.9 Å². The molecule has 0 unspecified atom stereocenters. The molecule has 4 aromatic heterocycles. The summed E-state index contributed by atoms with van der Waals surface area (Å²) in [5, 5.41) is 17.5. The molecule has 4 rings (SSSR count). The summed E-state index contributed by atoms with van der Waals surface area (Å²) in [6.45, 7) is 3.50. The molecule has 0 radical (unpaired) electrons. The van der Waals surface area contributed by atoms with E-state index in [1.165, 1.54) is 15.1 Å². The van der Waals surface area contributed by atoms with Crippen molar-refractivity contribution in [3.8, 4) is 6.07 Å². The average molecular weight is 407 g/mol. The van der Waals surface area contributed by atoms with Gasteiger partial charge in [0, 0.05) is 44.0 Å². The summed E-state index contributed by atoms with van der Waals surface area (Å²) < 4.78 is 22.6.